The van der Waals surface area contributed by atoms with Crippen molar-refractivity contribution in [3.63, 3.8) is 0 Å². The van der Waals surface area contributed by atoms with Crippen LogP contribution in [0.15, 0.2) is 55.0 Å². The number of fused-ring (bicyclic) bond motifs is 1. The summed E-state index contributed by atoms with van der Waals surface area (Å²) in [5.74, 6) is 0.536. The number of imidazole rings is 1. The largest absolute Gasteiger partial charge is 0.366 e. The fourth-order valence-corrected chi connectivity index (χ4v) is 4.17. The Kier molecular flexibility index (Phi) is 6.51. The normalized spacial score (nSPS) is 15.8. The average molecular weight is 405 g/mol. The van der Waals surface area contributed by atoms with Gasteiger partial charge in [0.1, 0.15) is 5.82 Å². The quantitative estimate of drug-likeness (QED) is 0.476. The van der Waals surface area contributed by atoms with Gasteiger partial charge in [-0.15, -0.1) is 0 Å². The Morgan fingerprint density at radius 1 is 1.23 bits per heavy atom. The zero-order valence-electron chi connectivity index (χ0n) is 17.1. The first-order chi connectivity index (χ1) is 14.7. The van der Waals surface area contributed by atoms with Crippen molar-refractivity contribution in [3.05, 3.63) is 83.2 Å². The van der Waals surface area contributed by atoms with E-state index in [4.69, 9.17) is 10.7 Å². The van der Waals surface area contributed by atoms with E-state index >= 15 is 0 Å². The molecule has 0 saturated carbocycles. The minimum atomic E-state index is -0.395. The Morgan fingerprint density at radius 2 is 2.17 bits per heavy atom. The molecular weight excluding hydrogens is 376 g/mol. The van der Waals surface area contributed by atoms with Gasteiger partial charge in [0.25, 0.3) is 0 Å². The van der Waals surface area contributed by atoms with Gasteiger partial charge in [-0.3, -0.25) is 14.7 Å². The van der Waals surface area contributed by atoms with Crippen LogP contribution in [-0.2, 0) is 19.5 Å². The van der Waals surface area contributed by atoms with Crippen LogP contribution in [-0.4, -0.2) is 38.8 Å². The van der Waals surface area contributed by atoms with Crippen molar-refractivity contribution in [2.75, 3.05) is 13.1 Å². The monoisotopic (exact) mass is 404 g/mol. The molecule has 1 unspecified atom stereocenters. The predicted molar refractivity (Wildman–Crippen MR) is 116 cm³/mol. The van der Waals surface area contributed by atoms with Gasteiger partial charge in [-0.2, -0.15) is 0 Å². The fourth-order valence-electron chi connectivity index (χ4n) is 4.17. The number of primary amides is 1. The summed E-state index contributed by atoms with van der Waals surface area (Å²) in [4.78, 5) is 26.2. The summed E-state index contributed by atoms with van der Waals surface area (Å²) in [5, 5.41) is 3.47. The Morgan fingerprint density at radius 3 is 3.00 bits per heavy atom. The molecule has 30 heavy (non-hydrogen) atoms. The van der Waals surface area contributed by atoms with Crippen LogP contribution < -0.4 is 11.1 Å². The van der Waals surface area contributed by atoms with Crippen molar-refractivity contribution in [1.29, 1.82) is 0 Å². The third-order valence-corrected chi connectivity index (χ3v) is 5.63. The summed E-state index contributed by atoms with van der Waals surface area (Å²) in [6.45, 7) is 3.14. The highest BCUT2D eigenvalue weighted by molar-refractivity contribution is 5.92. The number of hydrogen-bond donors (Lipinski definition) is 3. The molecule has 1 aliphatic rings. The molecule has 0 aliphatic heterocycles. The van der Waals surface area contributed by atoms with Crippen LogP contribution in [0.3, 0.4) is 0 Å². The molecule has 0 radical (unpaired) electrons. The second kappa shape index (κ2) is 9.65. The Bertz CT molecular complexity index is 971. The summed E-state index contributed by atoms with van der Waals surface area (Å²) >= 11 is 0. The van der Waals surface area contributed by atoms with E-state index in [0.29, 0.717) is 12.1 Å². The van der Waals surface area contributed by atoms with Crippen LogP contribution in [0.5, 0.6) is 0 Å². The van der Waals surface area contributed by atoms with E-state index in [2.05, 4.69) is 32.3 Å². The molecule has 1 amide bonds. The zero-order valence-corrected chi connectivity index (χ0v) is 17.1. The fraction of sp³-hybridized carbons (Fsp3) is 0.348. The lowest BCUT2D eigenvalue weighted by molar-refractivity contribution is 0.1000. The first-order valence-corrected chi connectivity index (χ1v) is 10.5. The van der Waals surface area contributed by atoms with Crippen molar-refractivity contribution >= 4 is 5.91 Å². The Hall–Kier alpha value is -3.03. The second-order valence-corrected chi connectivity index (χ2v) is 7.70. The van der Waals surface area contributed by atoms with Crippen molar-refractivity contribution in [2.24, 2.45) is 5.73 Å². The zero-order chi connectivity index (χ0) is 20.8. The van der Waals surface area contributed by atoms with Gasteiger partial charge in [0.05, 0.1) is 18.3 Å². The van der Waals surface area contributed by atoms with E-state index < -0.39 is 5.91 Å². The standard InChI is InChI=1S/C23H28N6O/c24-23(30)19-6-1-4-17(14-19)16-29(13-12-25-15-21-26-10-11-27-21)20-8-2-5-18-7-3-9-28-22(18)20/h1,3-4,6-7,9-11,14,20,25H,2,5,8,12-13,15-16H2,(H2,24,30)(H,26,27). The number of nitrogens with two attached hydrogens (primary N) is 1. The number of nitrogens with one attached hydrogen (secondary N) is 2. The molecule has 0 saturated heterocycles. The number of carbonyl (C=O) groups excluding carboxylic acids is 1. The molecule has 0 spiro atoms. The van der Waals surface area contributed by atoms with Gasteiger partial charge in [0.15, 0.2) is 0 Å². The van der Waals surface area contributed by atoms with Gasteiger partial charge in [-0.25, -0.2) is 4.98 Å². The predicted octanol–water partition coefficient (Wildman–Crippen LogP) is 2.57. The highest BCUT2D eigenvalue weighted by Gasteiger charge is 2.27. The van der Waals surface area contributed by atoms with E-state index in [0.717, 1.165) is 50.3 Å². The number of hydrogen-bond acceptors (Lipinski definition) is 5. The second-order valence-electron chi connectivity index (χ2n) is 7.70. The molecule has 4 N–H and O–H groups in total. The van der Waals surface area contributed by atoms with Crippen molar-refractivity contribution in [2.45, 2.75) is 38.4 Å². The molecule has 156 valence electrons. The number of amides is 1. The van der Waals surface area contributed by atoms with Crippen LogP contribution in [0.4, 0.5) is 0 Å². The molecule has 1 aliphatic carbocycles. The third-order valence-electron chi connectivity index (χ3n) is 5.63. The molecule has 1 aromatic carbocycles. The maximum absolute atomic E-state index is 11.6. The number of aromatic amines is 1. The number of carbonyl (C=O) groups is 1. The van der Waals surface area contributed by atoms with Crippen LogP contribution in [0.25, 0.3) is 0 Å². The smallest absolute Gasteiger partial charge is 0.248 e. The number of H-pyrrole nitrogens is 1. The summed E-state index contributed by atoms with van der Waals surface area (Å²) < 4.78 is 0. The lowest BCUT2D eigenvalue weighted by Crippen LogP contribution is -2.37. The van der Waals surface area contributed by atoms with E-state index in [1.165, 1.54) is 11.3 Å². The van der Waals surface area contributed by atoms with Gasteiger partial charge in [0, 0.05) is 43.8 Å². The third kappa shape index (κ3) is 4.93. The summed E-state index contributed by atoms with van der Waals surface area (Å²) in [5.41, 5.74) is 9.64. The first kappa shape index (κ1) is 20.3. The van der Waals surface area contributed by atoms with Crippen LogP contribution in [0.1, 0.15) is 51.9 Å². The van der Waals surface area contributed by atoms with Crippen LogP contribution >= 0.6 is 0 Å². The van der Waals surface area contributed by atoms with Crippen molar-refractivity contribution in [3.8, 4) is 0 Å². The first-order valence-electron chi connectivity index (χ1n) is 10.5. The SMILES string of the molecule is NC(=O)c1cccc(CN(CCNCc2ncc[nH]2)C2CCCc3cccnc32)c1. The van der Waals surface area contributed by atoms with E-state index in [9.17, 15) is 4.79 Å². The van der Waals surface area contributed by atoms with Gasteiger partial charge >= 0.3 is 0 Å². The number of aryl methyl sites for hydroxylation is 1. The number of rotatable bonds is 9. The van der Waals surface area contributed by atoms with Crippen LogP contribution in [0.2, 0.25) is 0 Å². The molecule has 4 rings (SSSR count). The Balaban J connectivity index is 1.50. The maximum atomic E-state index is 11.6. The highest BCUT2D eigenvalue weighted by atomic mass is 16.1. The minimum Gasteiger partial charge on any atom is -0.366 e. The van der Waals surface area contributed by atoms with Gasteiger partial charge < -0.3 is 16.0 Å². The minimum absolute atomic E-state index is 0.262. The molecule has 2 aromatic heterocycles. The average Bonchev–Trinajstić information content (AvgIpc) is 3.29. The van der Waals surface area contributed by atoms with E-state index in [1.807, 2.05) is 30.6 Å². The molecule has 2 heterocycles. The number of nitrogens with zero attached hydrogens (tertiary/aromatic N) is 3. The van der Waals surface area contributed by atoms with Crippen molar-refractivity contribution in [1.82, 2.24) is 25.2 Å². The lowest BCUT2D eigenvalue weighted by atomic mass is 9.90. The van der Waals surface area contributed by atoms with Gasteiger partial charge in [0.2, 0.25) is 5.91 Å². The van der Waals surface area contributed by atoms with Gasteiger partial charge in [-0.1, -0.05) is 18.2 Å². The summed E-state index contributed by atoms with van der Waals surface area (Å²) in [7, 11) is 0. The Labute approximate surface area is 176 Å². The molecular formula is C23H28N6O. The van der Waals surface area contributed by atoms with Crippen LogP contribution in [0, 0.1) is 0 Å². The molecule has 0 bridgehead atoms. The molecule has 3 aromatic rings. The summed E-state index contributed by atoms with van der Waals surface area (Å²) in [6, 6.07) is 12.1. The number of benzene rings is 1. The number of aromatic nitrogens is 3. The van der Waals surface area contributed by atoms with E-state index in [-0.39, 0.29) is 6.04 Å². The topological polar surface area (TPSA) is 99.9 Å². The molecule has 7 heteroatoms. The van der Waals surface area contributed by atoms with Gasteiger partial charge in [-0.05, 0) is 48.6 Å². The number of pyridine rings is 1. The molecule has 1 atom stereocenters. The molecule has 0 fully saturated rings. The highest BCUT2D eigenvalue weighted by Crippen LogP contribution is 2.33. The van der Waals surface area contributed by atoms with Crippen molar-refractivity contribution < 1.29 is 4.79 Å². The summed E-state index contributed by atoms with van der Waals surface area (Å²) in [6.07, 6.45) is 8.80. The maximum Gasteiger partial charge on any atom is 0.248 e. The molecule has 7 nitrogen and oxygen atoms in total. The lowest BCUT2D eigenvalue weighted by Gasteiger charge is -2.35. The van der Waals surface area contributed by atoms with E-state index in [1.54, 1.807) is 12.3 Å².